The van der Waals surface area contributed by atoms with Gasteiger partial charge in [-0.1, -0.05) is 0 Å². The standard InChI is InChI=1S/C18H45Si5.Sn/c1-16(2)23(15,17(19(3,4)5)20(6,7)8)18(21(9,10)11)22(12,13)14;/h16-18H,1-14H3;. The topological polar surface area (TPSA) is 0 Å². The SMILES string of the molecule is CC(C)[Si]([C]#[Sn])(C([Si](C)(C)C)[Si](C)(C)C)C([Si](C)(C)C)[Si](C)(C)C. The van der Waals surface area contributed by atoms with Gasteiger partial charge in [-0.05, 0) is 0 Å². The molecule has 0 N–H and O–H groups in total. The maximum atomic E-state index is 4.31. The minimum absolute atomic E-state index is 0.851. The van der Waals surface area contributed by atoms with Crippen molar-refractivity contribution in [1.82, 2.24) is 0 Å². The van der Waals surface area contributed by atoms with E-state index in [1.54, 1.807) is 21.8 Å². The Bertz CT molecular complexity index is 406. The van der Waals surface area contributed by atoms with Crippen LogP contribution in [0, 0.1) is 3.44 Å². The second-order valence-electron chi connectivity index (χ2n) is 12.5. The summed E-state index contributed by atoms with van der Waals surface area (Å²) < 4.78 is 4.31. The Morgan fingerprint density at radius 1 is 0.542 bits per heavy atom. The molecule has 0 saturated heterocycles. The van der Waals surface area contributed by atoms with Crippen molar-refractivity contribution in [3.8, 4) is 3.44 Å². The van der Waals surface area contributed by atoms with E-state index in [0.29, 0.717) is 0 Å². The molecule has 0 nitrogen and oxygen atoms in total. The van der Waals surface area contributed by atoms with Gasteiger partial charge in [-0.3, -0.25) is 0 Å². The molecule has 0 aromatic carbocycles. The quantitative estimate of drug-likeness (QED) is 0.325. The molecule has 0 unspecified atom stereocenters. The summed E-state index contributed by atoms with van der Waals surface area (Å²) in [7, 11) is -6.58. The van der Waals surface area contributed by atoms with Gasteiger partial charge in [0.1, 0.15) is 0 Å². The van der Waals surface area contributed by atoms with E-state index in [4.69, 9.17) is 0 Å². The Kier molecular flexibility index (Phi) is 8.51. The first-order valence-electron chi connectivity index (χ1n) is 9.68. The molecule has 0 aliphatic carbocycles. The number of hydrogen-bond acceptors (Lipinski definition) is 0. The molecule has 6 heteroatoms. The van der Waals surface area contributed by atoms with Crippen molar-refractivity contribution >= 4 is 62.2 Å². The first kappa shape index (κ1) is 25.7. The molecular weight excluding hydrogens is 475 g/mol. The monoisotopic (exact) mass is 521 g/mol. The van der Waals surface area contributed by atoms with Gasteiger partial charge >= 0.3 is 173 Å². The average Bonchev–Trinajstić information content (AvgIpc) is 2.18. The van der Waals surface area contributed by atoms with Crippen molar-refractivity contribution < 1.29 is 0 Å². The van der Waals surface area contributed by atoms with Crippen LogP contribution in [0.3, 0.4) is 0 Å². The molecule has 0 saturated carbocycles. The van der Waals surface area contributed by atoms with E-state index in [1.807, 2.05) is 0 Å². The van der Waals surface area contributed by atoms with Gasteiger partial charge in [0.05, 0.1) is 0 Å². The van der Waals surface area contributed by atoms with Crippen LogP contribution < -0.4 is 0 Å². The van der Waals surface area contributed by atoms with Gasteiger partial charge in [0.25, 0.3) is 0 Å². The van der Waals surface area contributed by atoms with Crippen LogP contribution in [0.2, 0.25) is 93.7 Å². The van der Waals surface area contributed by atoms with Crippen LogP contribution in [-0.2, 0) is 0 Å². The van der Waals surface area contributed by atoms with Gasteiger partial charge < -0.3 is 0 Å². The molecular formula is C18H45Si5Sn. The molecule has 24 heavy (non-hydrogen) atoms. The summed E-state index contributed by atoms with van der Waals surface area (Å²) in [6.07, 6.45) is 0. The van der Waals surface area contributed by atoms with E-state index in [9.17, 15) is 0 Å². The summed E-state index contributed by atoms with van der Waals surface area (Å²) >= 11 is 1.59. The van der Waals surface area contributed by atoms with Crippen molar-refractivity contribution in [2.24, 2.45) is 0 Å². The molecule has 1 radical (unpaired) electrons. The maximum absolute atomic E-state index is 4.31. The molecule has 0 rings (SSSR count). The molecule has 0 amide bonds. The fourth-order valence-corrected chi connectivity index (χ4v) is 71.3. The van der Waals surface area contributed by atoms with E-state index in [1.165, 1.54) is 0 Å². The van der Waals surface area contributed by atoms with Crippen molar-refractivity contribution in [2.45, 2.75) is 108 Å². The van der Waals surface area contributed by atoms with Gasteiger partial charge in [-0.15, -0.1) is 0 Å². The molecule has 0 heterocycles. The van der Waals surface area contributed by atoms with Crippen LogP contribution >= 0.6 is 0 Å². The van der Waals surface area contributed by atoms with Crippen molar-refractivity contribution in [1.29, 1.82) is 0 Å². The second-order valence-corrected chi connectivity index (χ2v) is 43.8. The first-order valence-corrected chi connectivity index (χ1v) is 27.6. The predicted molar refractivity (Wildman–Crippen MR) is 131 cm³/mol. The molecule has 0 aliphatic heterocycles. The zero-order valence-corrected chi connectivity index (χ0v) is 27.1. The van der Waals surface area contributed by atoms with Gasteiger partial charge in [0.2, 0.25) is 0 Å². The zero-order chi connectivity index (χ0) is 19.9. The van der Waals surface area contributed by atoms with Gasteiger partial charge in [0.15, 0.2) is 0 Å². The predicted octanol–water partition coefficient (Wildman–Crippen LogP) is 6.76. The number of rotatable bonds is 7. The Labute approximate surface area is 172 Å². The summed E-state index contributed by atoms with van der Waals surface area (Å²) in [5.41, 5.74) is 0.851. The first-order chi connectivity index (χ1) is 10.2. The Balaban J connectivity index is 7.02. The third-order valence-corrected chi connectivity index (χ3v) is 47.0. The van der Waals surface area contributed by atoms with Gasteiger partial charge in [0, 0.05) is 0 Å². The van der Waals surface area contributed by atoms with E-state index in [-0.39, 0.29) is 0 Å². The summed E-state index contributed by atoms with van der Waals surface area (Å²) in [4.78, 5) is 2.11. The fraction of sp³-hybridized carbons (Fsp3) is 0.944. The van der Waals surface area contributed by atoms with Crippen molar-refractivity contribution in [3.63, 3.8) is 0 Å². The van der Waals surface area contributed by atoms with E-state index in [0.717, 1.165) is 15.1 Å². The molecule has 0 spiro atoms. The van der Waals surface area contributed by atoms with E-state index in [2.05, 4.69) is 95.9 Å². The Morgan fingerprint density at radius 2 is 0.750 bits per heavy atom. The van der Waals surface area contributed by atoms with Crippen LogP contribution in [0.5, 0.6) is 0 Å². The van der Waals surface area contributed by atoms with Crippen LogP contribution in [0.25, 0.3) is 0 Å². The van der Waals surface area contributed by atoms with E-state index >= 15 is 0 Å². The van der Waals surface area contributed by atoms with Gasteiger partial charge in [-0.25, -0.2) is 0 Å². The molecule has 0 fully saturated rings. The van der Waals surface area contributed by atoms with Crippen LogP contribution in [-0.4, -0.2) is 62.2 Å². The Morgan fingerprint density at radius 3 is 0.833 bits per heavy atom. The molecule has 0 bridgehead atoms. The number of hydrogen-bond donors (Lipinski definition) is 0. The van der Waals surface area contributed by atoms with Crippen molar-refractivity contribution in [2.75, 3.05) is 0 Å². The minimum atomic E-state index is -1.61. The third-order valence-electron chi connectivity index (χ3n) is 5.59. The van der Waals surface area contributed by atoms with Gasteiger partial charge in [-0.2, -0.15) is 0 Å². The fourth-order valence-electron chi connectivity index (χ4n) is 6.59. The van der Waals surface area contributed by atoms with Crippen LogP contribution in [0.4, 0.5) is 0 Å². The van der Waals surface area contributed by atoms with Crippen LogP contribution in [0.15, 0.2) is 0 Å². The second kappa shape index (κ2) is 7.96. The average molecular weight is 521 g/mol. The summed E-state index contributed by atoms with van der Waals surface area (Å²) in [6, 6.07) is 0. The summed E-state index contributed by atoms with van der Waals surface area (Å²) in [5, 5.41) is 0. The van der Waals surface area contributed by atoms with E-state index < -0.39 is 40.4 Å². The molecule has 0 aromatic heterocycles. The third kappa shape index (κ3) is 5.58. The summed E-state index contributed by atoms with van der Waals surface area (Å²) in [5.74, 6) is 0. The zero-order valence-electron chi connectivity index (χ0n) is 19.2. The summed E-state index contributed by atoms with van der Waals surface area (Å²) in [6.45, 7) is 37.3. The molecule has 0 aromatic rings. The molecule has 0 atom stereocenters. The Hall–Kier alpha value is 1.66. The molecule has 141 valence electrons. The molecule has 0 aliphatic rings. The van der Waals surface area contributed by atoms with Crippen molar-refractivity contribution in [3.05, 3.63) is 0 Å². The normalized spacial score (nSPS) is 15.3. The van der Waals surface area contributed by atoms with Crippen LogP contribution in [0.1, 0.15) is 13.8 Å².